The number of anilines is 1. The highest BCUT2D eigenvalue weighted by molar-refractivity contribution is 5.92. The lowest BCUT2D eigenvalue weighted by Gasteiger charge is -2.31. The Morgan fingerprint density at radius 1 is 1.24 bits per heavy atom. The molecule has 0 spiro atoms. The summed E-state index contributed by atoms with van der Waals surface area (Å²) in [7, 11) is 0. The molecule has 21 heavy (non-hydrogen) atoms. The summed E-state index contributed by atoms with van der Waals surface area (Å²) in [5.41, 5.74) is 0.0690. The van der Waals surface area contributed by atoms with Gasteiger partial charge in [0, 0.05) is 5.69 Å². The normalized spacial score (nSPS) is 12.9. The summed E-state index contributed by atoms with van der Waals surface area (Å²) in [4.78, 5) is 25.4. The van der Waals surface area contributed by atoms with Crippen LogP contribution < -0.4 is 4.90 Å². The van der Waals surface area contributed by atoms with E-state index in [4.69, 9.17) is 4.74 Å². The molecule has 0 aromatic heterocycles. The molecule has 116 valence electrons. The van der Waals surface area contributed by atoms with Crippen LogP contribution in [-0.2, 0) is 9.53 Å². The lowest BCUT2D eigenvalue weighted by atomic mass is 10.0. The minimum absolute atomic E-state index is 0.300. The van der Waals surface area contributed by atoms with Gasteiger partial charge in [-0.05, 0) is 45.2 Å². The van der Waals surface area contributed by atoms with E-state index in [1.54, 1.807) is 12.1 Å². The first-order chi connectivity index (χ1) is 9.74. The molecular weight excluding hydrogens is 266 g/mol. The highest BCUT2D eigenvalue weighted by atomic mass is 16.6. The third-order valence-corrected chi connectivity index (χ3v) is 2.83. The van der Waals surface area contributed by atoms with Crippen molar-refractivity contribution in [1.82, 2.24) is 0 Å². The maximum absolute atomic E-state index is 12.5. The Labute approximate surface area is 127 Å². The van der Waals surface area contributed by atoms with Crippen molar-refractivity contribution in [2.75, 3.05) is 4.90 Å². The monoisotopic (exact) mass is 291 g/mol. The first-order valence-electron chi connectivity index (χ1n) is 7.27. The summed E-state index contributed by atoms with van der Waals surface area (Å²) >= 11 is 0. The zero-order valence-corrected chi connectivity index (χ0v) is 13.5. The van der Waals surface area contributed by atoms with Gasteiger partial charge in [-0.2, -0.15) is 0 Å². The second-order valence-electron chi connectivity index (χ2n) is 6.52. The van der Waals surface area contributed by atoms with E-state index in [-0.39, 0.29) is 0 Å². The van der Waals surface area contributed by atoms with Crippen molar-refractivity contribution in [3.8, 4) is 0 Å². The van der Waals surface area contributed by atoms with Gasteiger partial charge >= 0.3 is 6.09 Å². The topological polar surface area (TPSA) is 46.6 Å². The van der Waals surface area contributed by atoms with Crippen LogP contribution in [0.25, 0.3) is 0 Å². The Bertz CT molecular complexity index is 463. The highest BCUT2D eigenvalue weighted by Gasteiger charge is 2.29. The zero-order valence-electron chi connectivity index (χ0n) is 13.5. The summed E-state index contributed by atoms with van der Waals surface area (Å²) in [6.07, 6.45) is 0.917. The number of carbonyl (C=O) groups excluding carboxylic acids is 2. The van der Waals surface area contributed by atoms with E-state index in [0.29, 0.717) is 18.0 Å². The smallest absolute Gasteiger partial charge is 0.415 e. The fourth-order valence-electron chi connectivity index (χ4n) is 2.04. The molecule has 0 fully saturated rings. The van der Waals surface area contributed by atoms with Gasteiger partial charge in [-0.1, -0.05) is 32.0 Å². The van der Waals surface area contributed by atoms with Crippen molar-refractivity contribution in [3.05, 3.63) is 30.3 Å². The number of rotatable bonds is 5. The Morgan fingerprint density at radius 2 is 1.81 bits per heavy atom. The van der Waals surface area contributed by atoms with Gasteiger partial charge in [-0.25, -0.2) is 4.79 Å². The number of amides is 1. The molecule has 0 N–H and O–H groups in total. The second-order valence-corrected chi connectivity index (χ2v) is 6.52. The van der Waals surface area contributed by atoms with Crippen molar-refractivity contribution in [1.29, 1.82) is 0 Å². The molecule has 0 saturated carbocycles. The minimum Gasteiger partial charge on any atom is -0.443 e. The van der Waals surface area contributed by atoms with Crippen molar-refractivity contribution in [2.24, 2.45) is 5.92 Å². The second kappa shape index (κ2) is 7.25. The number of para-hydroxylation sites is 1. The molecule has 1 rings (SSSR count). The maximum Gasteiger partial charge on any atom is 0.415 e. The molecule has 0 heterocycles. The van der Waals surface area contributed by atoms with Crippen molar-refractivity contribution < 1.29 is 14.3 Å². The Morgan fingerprint density at radius 3 is 2.24 bits per heavy atom. The Hall–Kier alpha value is -1.84. The molecule has 1 amide bonds. The van der Waals surface area contributed by atoms with Gasteiger partial charge in [0.2, 0.25) is 0 Å². The summed E-state index contributed by atoms with van der Waals surface area (Å²) < 4.78 is 5.45. The molecule has 4 heteroatoms. The molecule has 0 aliphatic heterocycles. The van der Waals surface area contributed by atoms with Crippen LogP contribution in [0.1, 0.15) is 41.0 Å². The van der Waals surface area contributed by atoms with Crippen LogP contribution in [0.3, 0.4) is 0 Å². The van der Waals surface area contributed by atoms with Gasteiger partial charge in [0.1, 0.15) is 11.9 Å². The summed E-state index contributed by atoms with van der Waals surface area (Å²) in [6.45, 7) is 9.48. The molecule has 0 unspecified atom stereocenters. The molecule has 0 aliphatic rings. The predicted molar refractivity (Wildman–Crippen MR) is 84.5 cm³/mol. The number of hydrogen-bond acceptors (Lipinski definition) is 3. The molecule has 0 radical (unpaired) electrons. The summed E-state index contributed by atoms with van der Waals surface area (Å²) in [5, 5.41) is 0. The third kappa shape index (κ3) is 5.58. The van der Waals surface area contributed by atoms with Gasteiger partial charge < -0.3 is 9.53 Å². The van der Waals surface area contributed by atoms with Crippen LogP contribution in [-0.4, -0.2) is 24.0 Å². The molecule has 0 bridgehead atoms. The summed E-state index contributed by atoms with van der Waals surface area (Å²) in [6, 6.07) is 8.63. The van der Waals surface area contributed by atoms with Gasteiger partial charge in [0.05, 0.1) is 6.04 Å². The van der Waals surface area contributed by atoms with Gasteiger partial charge in [-0.3, -0.25) is 4.90 Å². The first kappa shape index (κ1) is 17.2. The molecule has 1 aromatic rings. The van der Waals surface area contributed by atoms with E-state index in [2.05, 4.69) is 0 Å². The van der Waals surface area contributed by atoms with Crippen LogP contribution >= 0.6 is 0 Å². The molecule has 0 aliphatic carbocycles. The number of carbonyl (C=O) groups is 2. The number of hydrogen-bond donors (Lipinski definition) is 0. The van der Waals surface area contributed by atoms with E-state index < -0.39 is 17.7 Å². The molecule has 1 aromatic carbocycles. The van der Waals surface area contributed by atoms with Crippen LogP contribution in [0.15, 0.2) is 30.3 Å². The summed E-state index contributed by atoms with van der Waals surface area (Å²) in [5.74, 6) is 0.300. The van der Waals surface area contributed by atoms with Crippen molar-refractivity contribution >= 4 is 18.1 Å². The van der Waals surface area contributed by atoms with Crippen LogP contribution in [0, 0.1) is 5.92 Å². The average molecular weight is 291 g/mol. The lowest BCUT2D eigenvalue weighted by molar-refractivity contribution is -0.109. The predicted octanol–water partition coefficient (Wildman–Crippen LogP) is 4.04. The lowest BCUT2D eigenvalue weighted by Crippen LogP contribution is -2.45. The van der Waals surface area contributed by atoms with E-state index in [1.807, 2.05) is 52.8 Å². The maximum atomic E-state index is 12.5. The number of ether oxygens (including phenoxy) is 1. The molecule has 1 atom stereocenters. The standard InChI is InChI=1S/C17H25NO3/c1-13(2)11-15(12-19)18(14-9-7-6-8-10-14)16(20)21-17(3,4)5/h6-10,12-13,15H,11H2,1-5H3/t15-/m1/s1. The molecular formula is C17H25NO3. The third-order valence-electron chi connectivity index (χ3n) is 2.83. The fraction of sp³-hybridized carbons (Fsp3) is 0.529. The highest BCUT2D eigenvalue weighted by Crippen LogP contribution is 2.23. The number of nitrogens with zero attached hydrogens (tertiary/aromatic N) is 1. The van der Waals surface area contributed by atoms with Gasteiger partial charge in [0.25, 0.3) is 0 Å². The molecule has 4 nitrogen and oxygen atoms in total. The SMILES string of the molecule is CC(C)C[C@H](C=O)N(C(=O)OC(C)(C)C)c1ccccc1. The van der Waals surface area contributed by atoms with Crippen LogP contribution in [0.5, 0.6) is 0 Å². The van der Waals surface area contributed by atoms with E-state index in [0.717, 1.165) is 6.29 Å². The van der Waals surface area contributed by atoms with E-state index in [9.17, 15) is 9.59 Å². The minimum atomic E-state index is -0.602. The van der Waals surface area contributed by atoms with Crippen LogP contribution in [0.2, 0.25) is 0 Å². The quantitative estimate of drug-likeness (QED) is 0.769. The van der Waals surface area contributed by atoms with Crippen molar-refractivity contribution in [2.45, 2.75) is 52.7 Å². The van der Waals surface area contributed by atoms with Crippen LogP contribution in [0.4, 0.5) is 10.5 Å². The average Bonchev–Trinajstić information content (AvgIpc) is 2.36. The first-order valence-corrected chi connectivity index (χ1v) is 7.27. The largest absolute Gasteiger partial charge is 0.443 e. The van der Waals surface area contributed by atoms with E-state index in [1.165, 1.54) is 4.90 Å². The van der Waals surface area contributed by atoms with E-state index >= 15 is 0 Å². The fourth-order valence-corrected chi connectivity index (χ4v) is 2.04. The van der Waals surface area contributed by atoms with Crippen molar-refractivity contribution in [3.63, 3.8) is 0 Å². The number of aldehydes is 1. The Kier molecular flexibility index (Phi) is 5.94. The number of benzene rings is 1. The molecule has 0 saturated heterocycles. The zero-order chi connectivity index (χ0) is 16.0. The Balaban J connectivity index is 3.10. The van der Waals surface area contributed by atoms with Gasteiger partial charge in [0.15, 0.2) is 0 Å². The van der Waals surface area contributed by atoms with Gasteiger partial charge in [-0.15, -0.1) is 0 Å².